The molecule has 0 amide bonds. The fourth-order valence-corrected chi connectivity index (χ4v) is 3.27. The van der Waals surface area contributed by atoms with Gasteiger partial charge >= 0.3 is 0 Å². The van der Waals surface area contributed by atoms with Gasteiger partial charge < -0.3 is 0 Å². The van der Waals surface area contributed by atoms with Gasteiger partial charge in [0.25, 0.3) is 0 Å². The van der Waals surface area contributed by atoms with Crippen LogP contribution in [0.4, 0.5) is 0 Å². The standard InChI is InChI=1S/C15H15ClSi/c16-11-14(12-7-3-1-4-8-12)15(17)13-9-5-2-6-10-13/h1-10H,11H2,17H3. The van der Waals surface area contributed by atoms with Gasteiger partial charge in [-0.3, -0.25) is 0 Å². The molecule has 2 aromatic carbocycles. The third kappa shape index (κ3) is 2.87. The van der Waals surface area contributed by atoms with Gasteiger partial charge in [-0.1, -0.05) is 65.9 Å². The molecule has 2 heteroatoms. The first-order valence-electron chi connectivity index (χ1n) is 5.69. The summed E-state index contributed by atoms with van der Waals surface area (Å²) in [6.45, 7) is 0. The first-order valence-corrected chi connectivity index (χ1v) is 7.23. The highest BCUT2D eigenvalue weighted by Gasteiger charge is 2.05. The van der Waals surface area contributed by atoms with Gasteiger partial charge in [0.1, 0.15) is 0 Å². The van der Waals surface area contributed by atoms with Crippen LogP contribution >= 0.6 is 11.6 Å². The molecule has 0 nitrogen and oxygen atoms in total. The van der Waals surface area contributed by atoms with Gasteiger partial charge in [0.15, 0.2) is 0 Å². The SMILES string of the molecule is [SiH3]C(=C(CCl)c1ccccc1)c1ccccc1. The van der Waals surface area contributed by atoms with Gasteiger partial charge in [0, 0.05) is 16.1 Å². The summed E-state index contributed by atoms with van der Waals surface area (Å²) in [6, 6.07) is 20.9. The molecule has 86 valence electrons. The summed E-state index contributed by atoms with van der Waals surface area (Å²) < 4.78 is 0. The van der Waals surface area contributed by atoms with E-state index < -0.39 is 0 Å². The van der Waals surface area contributed by atoms with Gasteiger partial charge in [-0.05, 0) is 16.7 Å². The zero-order valence-electron chi connectivity index (χ0n) is 9.86. The third-order valence-electron chi connectivity index (χ3n) is 2.92. The molecule has 0 saturated carbocycles. The van der Waals surface area contributed by atoms with Crippen molar-refractivity contribution in [1.29, 1.82) is 0 Å². The van der Waals surface area contributed by atoms with Crippen molar-refractivity contribution >= 4 is 32.6 Å². The van der Waals surface area contributed by atoms with Gasteiger partial charge in [0.2, 0.25) is 0 Å². The minimum Gasteiger partial charge on any atom is -0.122 e. The summed E-state index contributed by atoms with van der Waals surface area (Å²) in [7, 11) is 1.000. The molecule has 0 saturated heterocycles. The summed E-state index contributed by atoms with van der Waals surface area (Å²) in [4.78, 5) is 0. The summed E-state index contributed by atoms with van der Waals surface area (Å²) in [6.07, 6.45) is 0. The molecule has 0 unspecified atom stereocenters. The van der Waals surface area contributed by atoms with E-state index in [1.807, 2.05) is 12.1 Å². The van der Waals surface area contributed by atoms with Crippen molar-refractivity contribution in [3.63, 3.8) is 0 Å². The number of hydrogen-bond donors (Lipinski definition) is 0. The van der Waals surface area contributed by atoms with E-state index >= 15 is 0 Å². The smallest absolute Gasteiger partial charge is 0.0478 e. The van der Waals surface area contributed by atoms with E-state index in [9.17, 15) is 0 Å². The molecular weight excluding hydrogens is 244 g/mol. The number of benzene rings is 2. The Morgan fingerprint density at radius 3 is 1.76 bits per heavy atom. The van der Waals surface area contributed by atoms with Gasteiger partial charge in [-0.2, -0.15) is 0 Å². The quantitative estimate of drug-likeness (QED) is 0.451. The molecule has 0 heterocycles. The first-order chi connectivity index (χ1) is 8.33. The van der Waals surface area contributed by atoms with Crippen LogP contribution in [0, 0.1) is 0 Å². The molecule has 2 aromatic rings. The highest BCUT2D eigenvalue weighted by atomic mass is 35.5. The molecule has 0 atom stereocenters. The highest BCUT2D eigenvalue weighted by Crippen LogP contribution is 2.24. The normalized spacial score (nSPS) is 12.3. The molecule has 0 radical (unpaired) electrons. The minimum atomic E-state index is 0.567. The maximum atomic E-state index is 6.11. The average molecular weight is 259 g/mol. The Balaban J connectivity index is 2.48. The lowest BCUT2D eigenvalue weighted by Gasteiger charge is -2.10. The predicted octanol–water partition coefficient (Wildman–Crippen LogP) is 3.16. The van der Waals surface area contributed by atoms with E-state index in [-0.39, 0.29) is 0 Å². The van der Waals surface area contributed by atoms with E-state index in [1.165, 1.54) is 21.9 Å². The summed E-state index contributed by atoms with van der Waals surface area (Å²) >= 11 is 6.11. The van der Waals surface area contributed by atoms with Crippen molar-refractivity contribution in [2.75, 3.05) is 5.88 Å². The molecular formula is C15H15ClSi. The lowest BCUT2D eigenvalue weighted by atomic mass is 10.0. The zero-order chi connectivity index (χ0) is 12.1. The Kier molecular flexibility index (Phi) is 4.18. The Labute approximate surface area is 110 Å². The monoisotopic (exact) mass is 258 g/mol. The molecule has 0 N–H and O–H groups in total. The van der Waals surface area contributed by atoms with E-state index in [4.69, 9.17) is 11.6 Å². The van der Waals surface area contributed by atoms with Crippen LogP contribution in [0.5, 0.6) is 0 Å². The summed E-state index contributed by atoms with van der Waals surface area (Å²) in [5, 5.41) is 1.38. The Bertz CT molecular complexity index is 503. The van der Waals surface area contributed by atoms with Crippen LogP contribution in [-0.4, -0.2) is 16.1 Å². The topological polar surface area (TPSA) is 0 Å². The van der Waals surface area contributed by atoms with Crippen LogP contribution < -0.4 is 0 Å². The molecule has 0 bridgehead atoms. The maximum Gasteiger partial charge on any atom is 0.0478 e. The summed E-state index contributed by atoms with van der Waals surface area (Å²) in [5.41, 5.74) is 3.78. The van der Waals surface area contributed by atoms with Crippen molar-refractivity contribution in [3.8, 4) is 0 Å². The molecule has 17 heavy (non-hydrogen) atoms. The molecule has 0 aliphatic rings. The van der Waals surface area contributed by atoms with Crippen LogP contribution in [0.25, 0.3) is 10.8 Å². The number of alkyl halides is 1. The second kappa shape index (κ2) is 5.85. The molecule has 2 rings (SSSR count). The lowest BCUT2D eigenvalue weighted by molar-refractivity contribution is 1.57. The average Bonchev–Trinajstić information content (AvgIpc) is 2.42. The van der Waals surface area contributed by atoms with Crippen LogP contribution in [0.1, 0.15) is 11.1 Å². The van der Waals surface area contributed by atoms with E-state index in [1.54, 1.807) is 0 Å². The summed E-state index contributed by atoms with van der Waals surface area (Å²) in [5.74, 6) is 0.567. The molecule has 0 aliphatic heterocycles. The molecule has 0 aromatic heterocycles. The van der Waals surface area contributed by atoms with E-state index in [0.717, 1.165) is 10.2 Å². The molecule has 0 aliphatic carbocycles. The molecule has 0 spiro atoms. The van der Waals surface area contributed by atoms with Crippen LogP contribution in [0.3, 0.4) is 0 Å². The van der Waals surface area contributed by atoms with E-state index in [2.05, 4.69) is 48.5 Å². The van der Waals surface area contributed by atoms with Crippen LogP contribution in [-0.2, 0) is 0 Å². The third-order valence-corrected chi connectivity index (χ3v) is 4.36. The van der Waals surface area contributed by atoms with Gasteiger partial charge in [-0.25, -0.2) is 0 Å². The number of hydrogen-bond acceptors (Lipinski definition) is 0. The zero-order valence-corrected chi connectivity index (χ0v) is 12.6. The lowest BCUT2D eigenvalue weighted by Crippen LogP contribution is -1.93. The first kappa shape index (κ1) is 12.2. The van der Waals surface area contributed by atoms with Crippen LogP contribution in [0.15, 0.2) is 60.7 Å². The minimum absolute atomic E-state index is 0.567. The van der Waals surface area contributed by atoms with Gasteiger partial charge in [0.05, 0.1) is 0 Å². The van der Waals surface area contributed by atoms with Gasteiger partial charge in [-0.15, -0.1) is 11.6 Å². The Morgan fingerprint density at radius 2 is 1.29 bits per heavy atom. The number of rotatable bonds is 3. The molecule has 0 fully saturated rings. The van der Waals surface area contributed by atoms with Crippen molar-refractivity contribution in [2.24, 2.45) is 0 Å². The van der Waals surface area contributed by atoms with Crippen molar-refractivity contribution < 1.29 is 0 Å². The Hall–Kier alpha value is -1.31. The van der Waals surface area contributed by atoms with Crippen LogP contribution in [0.2, 0.25) is 0 Å². The second-order valence-corrected chi connectivity index (χ2v) is 5.24. The highest BCUT2D eigenvalue weighted by molar-refractivity contribution is 6.48. The second-order valence-electron chi connectivity index (χ2n) is 3.97. The van der Waals surface area contributed by atoms with Crippen molar-refractivity contribution in [1.82, 2.24) is 0 Å². The largest absolute Gasteiger partial charge is 0.122 e. The maximum absolute atomic E-state index is 6.11. The van der Waals surface area contributed by atoms with E-state index in [0.29, 0.717) is 5.88 Å². The van der Waals surface area contributed by atoms with Crippen molar-refractivity contribution in [2.45, 2.75) is 0 Å². The Morgan fingerprint density at radius 1 is 0.824 bits per heavy atom. The fraction of sp³-hybridized carbons (Fsp3) is 0.0667. The number of allylic oxidation sites excluding steroid dienone is 1. The number of halogens is 1. The fourth-order valence-electron chi connectivity index (χ4n) is 1.90. The predicted molar refractivity (Wildman–Crippen MR) is 80.4 cm³/mol. The van der Waals surface area contributed by atoms with Crippen molar-refractivity contribution in [3.05, 3.63) is 71.8 Å².